The van der Waals surface area contributed by atoms with Crippen molar-refractivity contribution in [2.45, 2.75) is 13.1 Å². The fraction of sp³-hybridized carbons (Fsp3) is 0.600. The van der Waals surface area contributed by atoms with Crippen LogP contribution < -0.4 is 0 Å². The third-order valence-corrected chi connectivity index (χ3v) is 1.53. The first-order valence-electron chi connectivity index (χ1n) is 2.47. The molecule has 0 unspecified atom stereocenters. The predicted molar refractivity (Wildman–Crippen MR) is 35.0 cm³/mol. The molecule has 0 aliphatic rings. The van der Waals surface area contributed by atoms with Gasteiger partial charge in [0.2, 0.25) is 0 Å². The summed E-state index contributed by atoms with van der Waals surface area (Å²) in [4.78, 5) is 0. The average molecular weight is 116 g/mol. The van der Waals surface area contributed by atoms with Gasteiger partial charge in [0.05, 0.1) is 22.2 Å². The topological polar surface area (TPSA) is 9.23 Å². The first kappa shape index (κ1) is 6.76. The number of methoxy groups -OCH3 is 1. The number of hydrogen-bond acceptors (Lipinski definition) is 1. The van der Waals surface area contributed by atoms with E-state index in [2.05, 4.69) is 18.8 Å². The Labute approximate surface area is 46.6 Å². The minimum Gasteiger partial charge on any atom is -0.505 e. The van der Waals surface area contributed by atoms with Gasteiger partial charge < -0.3 is 4.74 Å². The lowest BCUT2D eigenvalue weighted by atomic mass is 11.1. The Morgan fingerprint density at radius 1 is 1.43 bits per heavy atom. The lowest BCUT2D eigenvalue weighted by Crippen LogP contribution is -1.91. The molecule has 0 bridgehead atoms. The second-order valence-electron chi connectivity index (χ2n) is 1.81. The van der Waals surface area contributed by atoms with Crippen molar-refractivity contribution in [1.82, 2.24) is 0 Å². The van der Waals surface area contributed by atoms with Crippen LogP contribution in [0.15, 0.2) is 12.0 Å². The highest BCUT2D eigenvalue weighted by molar-refractivity contribution is 6.61. The van der Waals surface area contributed by atoms with E-state index in [9.17, 15) is 0 Å². The zero-order valence-electron chi connectivity index (χ0n) is 5.14. The van der Waals surface area contributed by atoms with E-state index in [1.54, 1.807) is 13.4 Å². The molecule has 0 heterocycles. The molecule has 0 aromatic heterocycles. The largest absolute Gasteiger partial charge is 0.505 e. The first-order valence-corrected chi connectivity index (χ1v) is 5.44. The molecule has 0 aliphatic carbocycles. The molecular formula is C5H12OSi. The van der Waals surface area contributed by atoms with Gasteiger partial charge in [-0.15, -0.1) is 0 Å². The summed E-state index contributed by atoms with van der Waals surface area (Å²) in [5.41, 5.74) is 2.14. The fourth-order valence-electron chi connectivity index (χ4n) is 0.236. The van der Waals surface area contributed by atoms with Gasteiger partial charge >= 0.3 is 0 Å². The maximum Gasteiger partial charge on any atom is 0.0766 e. The molecule has 0 fully saturated rings. The van der Waals surface area contributed by atoms with Crippen molar-refractivity contribution < 1.29 is 4.74 Å². The van der Waals surface area contributed by atoms with Crippen molar-refractivity contribution >= 4 is 8.80 Å². The Morgan fingerprint density at radius 3 is 2.14 bits per heavy atom. The summed E-state index contributed by atoms with van der Waals surface area (Å²) in [6.45, 7) is 4.49. The van der Waals surface area contributed by atoms with Crippen LogP contribution in [0.2, 0.25) is 13.1 Å². The van der Waals surface area contributed by atoms with Crippen molar-refractivity contribution in [2.24, 2.45) is 0 Å². The standard InChI is InChI=1S/C5H12OSi/c1-6-4-5-7(2)3/h4-5,7H,1-3H3. The molecule has 0 aromatic rings. The molecule has 0 saturated heterocycles. The third kappa shape index (κ3) is 5.76. The molecule has 7 heavy (non-hydrogen) atoms. The number of hydrogen-bond donors (Lipinski definition) is 0. The summed E-state index contributed by atoms with van der Waals surface area (Å²) in [5.74, 6) is 0. The second-order valence-corrected chi connectivity index (χ2v) is 4.68. The summed E-state index contributed by atoms with van der Waals surface area (Å²) in [5, 5.41) is 0. The van der Waals surface area contributed by atoms with E-state index in [1.165, 1.54) is 0 Å². The highest BCUT2D eigenvalue weighted by Gasteiger charge is 1.82. The van der Waals surface area contributed by atoms with E-state index >= 15 is 0 Å². The van der Waals surface area contributed by atoms with E-state index in [1.807, 2.05) is 0 Å². The lowest BCUT2D eigenvalue weighted by molar-refractivity contribution is 0.338. The molecule has 0 aliphatic heterocycles. The zero-order chi connectivity index (χ0) is 5.70. The number of rotatable bonds is 2. The molecule has 2 heteroatoms. The first-order chi connectivity index (χ1) is 3.27. The molecule has 42 valence electrons. The third-order valence-electron chi connectivity index (χ3n) is 0.600. The van der Waals surface area contributed by atoms with Gasteiger partial charge in [0.25, 0.3) is 0 Å². The van der Waals surface area contributed by atoms with Crippen LogP contribution in [0.25, 0.3) is 0 Å². The Kier molecular flexibility index (Phi) is 3.79. The molecule has 1 nitrogen and oxygen atoms in total. The monoisotopic (exact) mass is 116 g/mol. The van der Waals surface area contributed by atoms with Crippen molar-refractivity contribution in [1.29, 1.82) is 0 Å². The van der Waals surface area contributed by atoms with Gasteiger partial charge in [-0.1, -0.05) is 18.8 Å². The lowest BCUT2D eigenvalue weighted by Gasteiger charge is -1.88. The van der Waals surface area contributed by atoms with E-state index in [4.69, 9.17) is 4.74 Å². The Morgan fingerprint density at radius 2 is 2.00 bits per heavy atom. The van der Waals surface area contributed by atoms with Crippen molar-refractivity contribution in [3.8, 4) is 0 Å². The second kappa shape index (κ2) is 3.93. The summed E-state index contributed by atoms with van der Waals surface area (Å²) in [7, 11) is 1.18. The van der Waals surface area contributed by atoms with E-state index in [-0.39, 0.29) is 0 Å². The summed E-state index contributed by atoms with van der Waals surface area (Å²) in [6, 6.07) is 0. The molecule has 0 N–H and O–H groups in total. The van der Waals surface area contributed by atoms with Crippen LogP contribution in [0.4, 0.5) is 0 Å². The highest BCUT2D eigenvalue weighted by atomic mass is 28.3. The van der Waals surface area contributed by atoms with Gasteiger partial charge in [0, 0.05) is 0 Å². The van der Waals surface area contributed by atoms with Crippen LogP contribution in [0.1, 0.15) is 0 Å². The van der Waals surface area contributed by atoms with Crippen LogP contribution in [0.3, 0.4) is 0 Å². The van der Waals surface area contributed by atoms with Crippen LogP contribution in [0.5, 0.6) is 0 Å². The van der Waals surface area contributed by atoms with Gasteiger partial charge in [-0.25, -0.2) is 0 Å². The summed E-state index contributed by atoms with van der Waals surface area (Å²) < 4.78 is 4.71. The minimum atomic E-state index is -0.494. The molecule has 0 amide bonds. The normalized spacial score (nSPS) is 10.9. The van der Waals surface area contributed by atoms with E-state index in [0.29, 0.717) is 0 Å². The van der Waals surface area contributed by atoms with Crippen molar-refractivity contribution in [2.75, 3.05) is 7.11 Å². The van der Waals surface area contributed by atoms with Gasteiger partial charge in [0.15, 0.2) is 0 Å². The molecular weight excluding hydrogens is 104 g/mol. The minimum absolute atomic E-state index is 0.494. The van der Waals surface area contributed by atoms with Crippen LogP contribution in [-0.2, 0) is 4.74 Å². The maximum absolute atomic E-state index is 4.71. The van der Waals surface area contributed by atoms with Gasteiger partial charge in [-0.2, -0.15) is 0 Å². The van der Waals surface area contributed by atoms with Crippen molar-refractivity contribution in [3.05, 3.63) is 12.0 Å². The fourth-order valence-corrected chi connectivity index (χ4v) is 0.707. The predicted octanol–water partition coefficient (Wildman–Crippen LogP) is 1.17. The maximum atomic E-state index is 4.71. The summed E-state index contributed by atoms with van der Waals surface area (Å²) in [6.07, 6.45) is 1.76. The van der Waals surface area contributed by atoms with Crippen LogP contribution >= 0.6 is 0 Å². The Hall–Kier alpha value is -0.243. The van der Waals surface area contributed by atoms with Gasteiger partial charge in [0.1, 0.15) is 0 Å². The smallest absolute Gasteiger partial charge is 0.0766 e. The SMILES string of the molecule is COC=C[SiH](C)C. The quantitative estimate of drug-likeness (QED) is 0.389. The number of ether oxygens (including phenoxy) is 1. The Bertz CT molecular complexity index is 59.1. The van der Waals surface area contributed by atoms with Crippen LogP contribution in [0, 0.1) is 0 Å². The van der Waals surface area contributed by atoms with Crippen molar-refractivity contribution in [3.63, 3.8) is 0 Å². The van der Waals surface area contributed by atoms with Gasteiger partial charge in [-0.05, 0) is 0 Å². The summed E-state index contributed by atoms with van der Waals surface area (Å²) >= 11 is 0. The molecule has 0 radical (unpaired) electrons. The molecule has 0 spiro atoms. The van der Waals surface area contributed by atoms with Gasteiger partial charge in [-0.3, -0.25) is 0 Å². The average Bonchev–Trinajstić information content (AvgIpc) is 1.61. The van der Waals surface area contributed by atoms with E-state index < -0.39 is 8.80 Å². The van der Waals surface area contributed by atoms with Crippen LogP contribution in [-0.4, -0.2) is 15.9 Å². The molecule has 0 saturated carbocycles. The Balaban J connectivity index is 3.08. The molecule has 0 rings (SSSR count). The van der Waals surface area contributed by atoms with E-state index in [0.717, 1.165) is 0 Å². The molecule has 0 aromatic carbocycles. The molecule has 0 atom stereocenters. The highest BCUT2D eigenvalue weighted by Crippen LogP contribution is 1.80. The zero-order valence-corrected chi connectivity index (χ0v) is 6.29.